The highest BCUT2D eigenvalue weighted by Crippen LogP contribution is 2.48. The number of nitrogens with zero attached hydrogens (tertiary/aromatic N) is 2. The van der Waals surface area contributed by atoms with Crippen molar-refractivity contribution >= 4 is 81.1 Å². The van der Waals surface area contributed by atoms with Crippen LogP contribution < -0.4 is 4.90 Å². The maximum atomic E-state index is 2.49. The number of para-hydroxylation sites is 3. The Labute approximate surface area is 288 Å². The molecule has 0 fully saturated rings. The molecule has 2 nitrogen and oxygen atoms in total. The van der Waals surface area contributed by atoms with Crippen LogP contribution in [0.1, 0.15) is 0 Å². The smallest absolute Gasteiger partial charge is 0.0568 e. The lowest BCUT2D eigenvalue weighted by molar-refractivity contribution is 1.18. The zero-order chi connectivity index (χ0) is 32.3. The maximum Gasteiger partial charge on any atom is 0.0568 e. The number of thiophene rings is 1. The fourth-order valence-electron chi connectivity index (χ4n) is 7.64. The Hall–Kier alpha value is -6.16. The van der Waals surface area contributed by atoms with Gasteiger partial charge in [-0.3, -0.25) is 0 Å². The van der Waals surface area contributed by atoms with Crippen molar-refractivity contribution < 1.29 is 0 Å². The molecule has 2 heterocycles. The van der Waals surface area contributed by atoms with Gasteiger partial charge >= 0.3 is 0 Å². The molecule has 230 valence electrons. The van der Waals surface area contributed by atoms with Crippen molar-refractivity contribution in [3.05, 3.63) is 182 Å². The molecule has 8 aromatic carbocycles. The van der Waals surface area contributed by atoms with Gasteiger partial charge in [-0.25, -0.2) is 0 Å². The number of aromatic nitrogens is 1. The standard InChI is InChI=1S/C46H30N2S/c1-3-15-31(16-4-1)34-19-9-12-24-40(34)48(33-27-28-37-36-21-11-14-26-44(36)49-45(37)29-33)42-30-43-46(38-22-8-7-20-35(38)42)39-23-10-13-25-41(39)47(43)32-17-5-2-6-18-32/h1-30H. The lowest BCUT2D eigenvalue weighted by Crippen LogP contribution is -2.12. The van der Waals surface area contributed by atoms with E-state index in [-0.39, 0.29) is 0 Å². The average Bonchev–Trinajstić information content (AvgIpc) is 3.71. The van der Waals surface area contributed by atoms with Crippen LogP contribution in [0, 0.1) is 0 Å². The van der Waals surface area contributed by atoms with E-state index in [0.29, 0.717) is 0 Å². The molecule has 3 heteroatoms. The molecule has 0 unspecified atom stereocenters. The highest BCUT2D eigenvalue weighted by Gasteiger charge is 2.24. The summed E-state index contributed by atoms with van der Waals surface area (Å²) in [4.78, 5) is 2.49. The third kappa shape index (κ3) is 4.40. The van der Waals surface area contributed by atoms with Crippen LogP contribution in [-0.4, -0.2) is 4.57 Å². The van der Waals surface area contributed by atoms with Crippen molar-refractivity contribution in [3.63, 3.8) is 0 Å². The average molecular weight is 643 g/mol. The molecule has 0 amide bonds. The maximum absolute atomic E-state index is 2.49. The van der Waals surface area contributed by atoms with Gasteiger partial charge in [-0.05, 0) is 59.5 Å². The minimum Gasteiger partial charge on any atom is -0.309 e. The Morgan fingerprint density at radius 2 is 1.04 bits per heavy atom. The Bertz CT molecular complexity index is 2830. The van der Waals surface area contributed by atoms with Crippen LogP contribution in [-0.2, 0) is 0 Å². The lowest BCUT2D eigenvalue weighted by atomic mass is 9.98. The van der Waals surface area contributed by atoms with Crippen LogP contribution in [0.4, 0.5) is 17.1 Å². The van der Waals surface area contributed by atoms with Crippen molar-refractivity contribution in [1.82, 2.24) is 4.57 Å². The molecule has 0 atom stereocenters. The van der Waals surface area contributed by atoms with Crippen molar-refractivity contribution in [3.8, 4) is 16.8 Å². The summed E-state index contributed by atoms with van der Waals surface area (Å²) >= 11 is 1.86. The molecule has 10 rings (SSSR count). The molecular formula is C46H30N2S. The Morgan fingerprint density at radius 3 is 1.88 bits per heavy atom. The van der Waals surface area contributed by atoms with Crippen LogP contribution in [0.25, 0.3) is 69.6 Å². The van der Waals surface area contributed by atoms with E-state index in [9.17, 15) is 0 Å². The number of hydrogen-bond acceptors (Lipinski definition) is 2. The fourth-order valence-corrected chi connectivity index (χ4v) is 8.78. The first kappa shape index (κ1) is 27.9. The summed E-state index contributed by atoms with van der Waals surface area (Å²) in [6.45, 7) is 0. The van der Waals surface area contributed by atoms with Crippen LogP contribution in [0.2, 0.25) is 0 Å². The third-order valence-electron chi connectivity index (χ3n) is 9.76. The normalized spacial score (nSPS) is 11.7. The number of benzene rings is 8. The molecule has 10 aromatic rings. The Morgan fingerprint density at radius 1 is 0.408 bits per heavy atom. The predicted octanol–water partition coefficient (Wildman–Crippen LogP) is 13.4. The van der Waals surface area contributed by atoms with Gasteiger partial charge in [0.1, 0.15) is 0 Å². The molecular weight excluding hydrogens is 613 g/mol. The Kier molecular flexibility index (Phi) is 6.39. The van der Waals surface area contributed by atoms with Gasteiger partial charge in [-0.2, -0.15) is 0 Å². The van der Waals surface area contributed by atoms with E-state index in [0.717, 1.165) is 22.7 Å². The SMILES string of the molecule is c1ccc(-c2ccccc2N(c2ccc3c(c2)sc2ccccc23)c2cc3c(c4ccccc24)c2ccccc2n3-c2ccccc2)cc1. The summed E-state index contributed by atoms with van der Waals surface area (Å²) in [5.74, 6) is 0. The highest BCUT2D eigenvalue weighted by molar-refractivity contribution is 7.25. The number of hydrogen-bond donors (Lipinski definition) is 0. The van der Waals surface area contributed by atoms with E-state index in [1.165, 1.54) is 63.9 Å². The molecule has 2 aromatic heterocycles. The summed E-state index contributed by atoms with van der Waals surface area (Å²) < 4.78 is 5.02. The van der Waals surface area contributed by atoms with Gasteiger partial charge in [-0.15, -0.1) is 11.3 Å². The lowest BCUT2D eigenvalue weighted by Gasteiger charge is -2.29. The first-order valence-corrected chi connectivity index (χ1v) is 17.5. The third-order valence-corrected chi connectivity index (χ3v) is 10.9. The largest absolute Gasteiger partial charge is 0.309 e. The zero-order valence-corrected chi connectivity index (χ0v) is 27.4. The van der Waals surface area contributed by atoms with Crippen molar-refractivity contribution in [1.29, 1.82) is 0 Å². The summed E-state index contributed by atoms with van der Waals surface area (Å²) in [7, 11) is 0. The van der Waals surface area contributed by atoms with E-state index in [1.54, 1.807) is 0 Å². The molecule has 0 N–H and O–H groups in total. The fraction of sp³-hybridized carbons (Fsp3) is 0. The molecule has 0 saturated carbocycles. The molecule has 0 spiro atoms. The number of rotatable bonds is 5. The second-order valence-electron chi connectivity index (χ2n) is 12.5. The van der Waals surface area contributed by atoms with E-state index >= 15 is 0 Å². The summed E-state index contributed by atoms with van der Waals surface area (Å²) in [6.07, 6.45) is 0. The van der Waals surface area contributed by atoms with E-state index in [2.05, 4.69) is 191 Å². The van der Waals surface area contributed by atoms with Gasteiger partial charge in [0.05, 0.1) is 22.4 Å². The monoisotopic (exact) mass is 642 g/mol. The number of anilines is 3. The minimum atomic E-state index is 1.13. The van der Waals surface area contributed by atoms with Gasteiger partial charge in [0.25, 0.3) is 0 Å². The second-order valence-corrected chi connectivity index (χ2v) is 13.6. The topological polar surface area (TPSA) is 8.17 Å². The van der Waals surface area contributed by atoms with Crippen LogP contribution in [0.5, 0.6) is 0 Å². The predicted molar refractivity (Wildman–Crippen MR) is 211 cm³/mol. The summed E-state index contributed by atoms with van der Waals surface area (Å²) in [6, 6.07) is 66.2. The Balaban J connectivity index is 1.34. The minimum absolute atomic E-state index is 1.13. The van der Waals surface area contributed by atoms with E-state index in [1.807, 2.05) is 11.3 Å². The van der Waals surface area contributed by atoms with Gasteiger partial charge in [0.2, 0.25) is 0 Å². The first-order valence-electron chi connectivity index (χ1n) is 16.7. The second kappa shape index (κ2) is 11.2. The van der Waals surface area contributed by atoms with E-state index in [4.69, 9.17) is 0 Å². The molecule has 0 bridgehead atoms. The van der Waals surface area contributed by atoms with Crippen LogP contribution >= 0.6 is 11.3 Å². The van der Waals surface area contributed by atoms with Gasteiger partial charge in [0.15, 0.2) is 0 Å². The zero-order valence-electron chi connectivity index (χ0n) is 26.6. The summed E-state index contributed by atoms with van der Waals surface area (Å²) in [5, 5.41) is 7.59. The van der Waals surface area contributed by atoms with Crippen molar-refractivity contribution in [2.45, 2.75) is 0 Å². The van der Waals surface area contributed by atoms with Gasteiger partial charge in [0, 0.05) is 53.3 Å². The van der Waals surface area contributed by atoms with E-state index < -0.39 is 0 Å². The molecule has 0 aliphatic rings. The molecule has 49 heavy (non-hydrogen) atoms. The first-order chi connectivity index (χ1) is 24.3. The number of fused-ring (bicyclic) bond motifs is 8. The molecule has 0 saturated heterocycles. The molecule has 0 radical (unpaired) electrons. The van der Waals surface area contributed by atoms with Gasteiger partial charge in [-0.1, -0.05) is 133 Å². The quantitative estimate of drug-likeness (QED) is 0.181. The van der Waals surface area contributed by atoms with Crippen molar-refractivity contribution in [2.24, 2.45) is 0 Å². The summed E-state index contributed by atoms with van der Waals surface area (Å²) in [5.41, 5.74) is 9.34. The van der Waals surface area contributed by atoms with Crippen molar-refractivity contribution in [2.75, 3.05) is 4.90 Å². The molecule has 0 aliphatic heterocycles. The van der Waals surface area contributed by atoms with Crippen LogP contribution in [0.15, 0.2) is 182 Å². The highest BCUT2D eigenvalue weighted by atomic mass is 32.1. The van der Waals surface area contributed by atoms with Gasteiger partial charge < -0.3 is 9.47 Å². The molecule has 0 aliphatic carbocycles. The van der Waals surface area contributed by atoms with Crippen LogP contribution in [0.3, 0.4) is 0 Å².